The Labute approximate surface area is 284 Å². The van der Waals surface area contributed by atoms with E-state index in [0.717, 1.165) is 29.1 Å². The van der Waals surface area contributed by atoms with Crippen molar-refractivity contribution in [2.24, 2.45) is 0 Å². The molecule has 0 unspecified atom stereocenters. The number of rotatable bonds is 9. The lowest BCUT2D eigenvalue weighted by molar-refractivity contribution is -0.137. The summed E-state index contributed by atoms with van der Waals surface area (Å²) in [6, 6.07) is 22.1. The number of alkyl halides is 3. The molecule has 256 valence electrons. The summed E-state index contributed by atoms with van der Waals surface area (Å²) in [6.45, 7) is 1.03. The van der Waals surface area contributed by atoms with Crippen molar-refractivity contribution in [3.05, 3.63) is 114 Å². The molecule has 0 aliphatic carbocycles. The van der Waals surface area contributed by atoms with Crippen LogP contribution in [0.25, 0.3) is 33.8 Å². The highest BCUT2D eigenvalue weighted by Gasteiger charge is 2.32. The maximum atomic E-state index is 13.5. The monoisotopic (exact) mass is 701 g/mol. The summed E-state index contributed by atoms with van der Waals surface area (Å²) in [6.07, 6.45) is -0.222. The number of nitrogens with zero attached hydrogens (tertiary/aromatic N) is 7. The maximum absolute atomic E-state index is 13.5. The summed E-state index contributed by atoms with van der Waals surface area (Å²) in [7, 11) is -3.89. The van der Waals surface area contributed by atoms with Gasteiger partial charge in [0.05, 0.1) is 48.2 Å². The maximum Gasteiger partial charge on any atom is 0.416 e. The zero-order valence-corrected chi connectivity index (χ0v) is 27.5. The van der Waals surface area contributed by atoms with Crippen LogP contribution in [0, 0.1) is 0 Å². The van der Waals surface area contributed by atoms with Crippen molar-refractivity contribution in [2.45, 2.75) is 43.5 Å². The predicted octanol–water partition coefficient (Wildman–Crippen LogP) is 5.91. The third-order valence-corrected chi connectivity index (χ3v) is 9.50. The molecule has 0 N–H and O–H groups in total. The van der Waals surface area contributed by atoms with Gasteiger partial charge in [-0.3, -0.25) is 9.48 Å². The van der Waals surface area contributed by atoms with Crippen molar-refractivity contribution >= 4 is 15.7 Å². The molecule has 15 heteroatoms. The van der Waals surface area contributed by atoms with Crippen LogP contribution in [0.4, 0.5) is 13.2 Å². The van der Waals surface area contributed by atoms with Gasteiger partial charge in [-0.15, -0.1) is 5.10 Å². The highest BCUT2D eigenvalue weighted by molar-refractivity contribution is 7.90. The Morgan fingerprint density at radius 1 is 0.960 bits per heavy atom. The van der Waals surface area contributed by atoms with Crippen LogP contribution in [0.3, 0.4) is 0 Å². The molecule has 3 aromatic carbocycles. The van der Waals surface area contributed by atoms with Crippen molar-refractivity contribution < 1.29 is 30.8 Å². The lowest BCUT2D eigenvalue weighted by Gasteiger charge is -2.28. The van der Waals surface area contributed by atoms with Gasteiger partial charge in [0, 0.05) is 42.3 Å². The van der Waals surface area contributed by atoms with Gasteiger partial charge in [-0.25, -0.2) is 18.1 Å². The van der Waals surface area contributed by atoms with E-state index in [1.165, 1.54) is 10.7 Å². The molecule has 0 saturated heterocycles. The fraction of sp³-hybridized carbons (Fsp3) is 0.229. The predicted molar refractivity (Wildman–Crippen MR) is 176 cm³/mol. The number of carbonyl (C=O) groups excluding carboxylic acids is 1. The molecule has 3 aromatic heterocycles. The van der Waals surface area contributed by atoms with Gasteiger partial charge in [-0.05, 0) is 23.8 Å². The van der Waals surface area contributed by atoms with Crippen molar-refractivity contribution in [2.75, 3.05) is 12.8 Å². The van der Waals surface area contributed by atoms with Gasteiger partial charge in [-0.2, -0.15) is 18.3 Å². The number of halogens is 3. The molecule has 0 atom stereocenters. The van der Waals surface area contributed by atoms with E-state index in [1.54, 1.807) is 22.0 Å². The van der Waals surface area contributed by atoms with Crippen LogP contribution in [0.1, 0.15) is 29.1 Å². The van der Waals surface area contributed by atoms with Crippen molar-refractivity contribution in [1.82, 2.24) is 34.7 Å². The first-order chi connectivity index (χ1) is 23.9. The summed E-state index contributed by atoms with van der Waals surface area (Å²) >= 11 is 0. The second kappa shape index (κ2) is 13.0. The highest BCUT2D eigenvalue weighted by Crippen LogP contribution is 2.34. The molecule has 11 nitrogen and oxygen atoms in total. The van der Waals surface area contributed by atoms with E-state index in [9.17, 15) is 26.4 Å². The molecule has 4 heterocycles. The number of amides is 1. The fourth-order valence-corrected chi connectivity index (χ4v) is 6.61. The molecule has 6 aromatic rings. The summed E-state index contributed by atoms with van der Waals surface area (Å²) in [5.41, 5.74) is 3.32. The Balaban J connectivity index is 1.06. The number of aryl methyl sites for hydroxylation is 1. The Morgan fingerprint density at radius 2 is 1.68 bits per heavy atom. The molecule has 1 aliphatic rings. The van der Waals surface area contributed by atoms with Gasteiger partial charge in [0.25, 0.3) is 0 Å². The van der Waals surface area contributed by atoms with E-state index in [1.807, 2.05) is 60.7 Å². The Kier molecular flexibility index (Phi) is 8.59. The summed E-state index contributed by atoms with van der Waals surface area (Å²) < 4.78 is 74.0. The topological polar surface area (TPSA) is 129 Å². The number of sulfone groups is 1. The van der Waals surface area contributed by atoms with E-state index in [4.69, 9.17) is 9.40 Å². The normalized spacial score (nSPS) is 13.4. The minimum Gasteiger partial charge on any atom is -0.440 e. The van der Waals surface area contributed by atoms with E-state index < -0.39 is 26.5 Å². The molecule has 0 saturated carbocycles. The molecule has 0 radical (unpaired) electrons. The largest absolute Gasteiger partial charge is 0.440 e. The first-order valence-corrected chi connectivity index (χ1v) is 17.6. The van der Waals surface area contributed by atoms with Crippen LogP contribution < -0.4 is 0 Å². The van der Waals surface area contributed by atoms with Crippen LogP contribution in [0.5, 0.6) is 0 Å². The smallest absolute Gasteiger partial charge is 0.416 e. The zero-order chi connectivity index (χ0) is 35.0. The minimum absolute atomic E-state index is 0.0843. The van der Waals surface area contributed by atoms with E-state index in [0.29, 0.717) is 54.2 Å². The van der Waals surface area contributed by atoms with Gasteiger partial charge in [0.2, 0.25) is 5.91 Å². The van der Waals surface area contributed by atoms with E-state index in [2.05, 4.69) is 15.4 Å². The summed E-state index contributed by atoms with van der Waals surface area (Å²) in [5, 5.41) is 12.7. The fourth-order valence-electron chi connectivity index (χ4n) is 5.91. The van der Waals surface area contributed by atoms with Crippen LogP contribution >= 0.6 is 0 Å². The lowest BCUT2D eigenvalue weighted by Crippen LogP contribution is -2.38. The third-order valence-electron chi connectivity index (χ3n) is 8.41. The number of fused-ring (bicyclic) bond motifs is 1. The molecular weight excluding hydrogens is 671 g/mol. The van der Waals surface area contributed by atoms with Crippen molar-refractivity contribution in [3.8, 4) is 33.8 Å². The first kappa shape index (κ1) is 33.0. The zero-order valence-electron chi connectivity index (χ0n) is 26.7. The second-order valence-electron chi connectivity index (χ2n) is 12.0. The average Bonchev–Trinajstić information content (AvgIpc) is 3.85. The van der Waals surface area contributed by atoms with Crippen LogP contribution in [-0.2, 0) is 46.9 Å². The molecule has 0 fully saturated rings. The minimum atomic E-state index is -4.73. The van der Waals surface area contributed by atoms with E-state index >= 15 is 0 Å². The molecule has 1 amide bonds. The lowest BCUT2D eigenvalue weighted by atomic mass is 10.1. The second-order valence-corrected chi connectivity index (χ2v) is 14.0. The van der Waals surface area contributed by atoms with Crippen molar-refractivity contribution in [1.29, 1.82) is 0 Å². The average molecular weight is 702 g/mol. The van der Waals surface area contributed by atoms with Gasteiger partial charge >= 0.3 is 6.18 Å². The Hall–Kier alpha value is -5.57. The van der Waals surface area contributed by atoms with Gasteiger partial charge in [-0.1, -0.05) is 65.9 Å². The number of hydrogen-bond acceptors (Lipinski definition) is 8. The highest BCUT2D eigenvalue weighted by atomic mass is 32.2. The number of carbonyl (C=O) groups is 1. The van der Waals surface area contributed by atoms with Gasteiger partial charge in [0.15, 0.2) is 21.5 Å². The molecule has 1 aliphatic heterocycles. The number of hydrogen-bond donors (Lipinski definition) is 0. The van der Waals surface area contributed by atoms with Crippen LogP contribution in [0.2, 0.25) is 0 Å². The molecule has 0 spiro atoms. The van der Waals surface area contributed by atoms with Crippen LogP contribution in [-0.4, -0.2) is 61.8 Å². The van der Waals surface area contributed by atoms with Crippen molar-refractivity contribution in [3.63, 3.8) is 0 Å². The van der Waals surface area contributed by atoms with E-state index in [-0.39, 0.29) is 31.0 Å². The number of benzene rings is 3. The molecular formula is C35H30F3N7O4S. The van der Waals surface area contributed by atoms with Gasteiger partial charge < -0.3 is 9.32 Å². The van der Waals surface area contributed by atoms with Crippen LogP contribution in [0.15, 0.2) is 101 Å². The quantitative estimate of drug-likeness (QED) is 0.182. The SMILES string of the molecule is CS(=O)(=O)c1cc(Cn2cc(-c3cnn4c3CN(C(=O)CCc3nc(-c5ccccc5)c(-c5ccccc5)o3)CC4)nn2)cc(C(F)(F)F)c1. The molecule has 50 heavy (non-hydrogen) atoms. The number of aromatic nitrogens is 6. The Bertz CT molecular complexity index is 2220. The Morgan fingerprint density at radius 3 is 2.38 bits per heavy atom. The number of oxazole rings is 1. The first-order valence-electron chi connectivity index (χ1n) is 15.7. The summed E-state index contributed by atoms with van der Waals surface area (Å²) in [4.78, 5) is 19.5. The molecule has 0 bridgehead atoms. The third kappa shape index (κ3) is 6.94. The molecule has 7 rings (SSSR count). The summed E-state index contributed by atoms with van der Waals surface area (Å²) in [5.74, 6) is 1.02. The van der Waals surface area contributed by atoms with Gasteiger partial charge in [0.1, 0.15) is 11.4 Å². The standard InChI is InChI=1S/C35H30F3N7O4S/c1-50(47,48)27-17-23(16-26(18-27)35(36,37)38)20-44-21-29(41-42-44)28-19-39-45-15-14-43(22-30(28)45)32(46)13-12-31-40-33(24-8-4-2-5-9-24)34(49-31)25-10-6-3-7-11-25/h2-11,16-19,21H,12-15,20,22H2,1H3.